The second kappa shape index (κ2) is 19.6. The van der Waals surface area contributed by atoms with Crippen LogP contribution in [0.25, 0.3) is 0 Å². The number of nitrogens with one attached hydrogen (secondary N) is 4. The Labute approximate surface area is 246 Å². The molecule has 0 bridgehead atoms. The molecule has 0 saturated heterocycles. The van der Waals surface area contributed by atoms with Gasteiger partial charge in [-0.15, -0.1) is 0 Å². The van der Waals surface area contributed by atoms with E-state index in [1.165, 1.54) is 38.2 Å². The second-order valence-electron chi connectivity index (χ2n) is 11.2. The van der Waals surface area contributed by atoms with Gasteiger partial charge in [0.1, 0.15) is 12.1 Å². The molecular formula is C33H50N4O4. The maximum absolute atomic E-state index is 13.5. The number of carbonyl (C=O) groups excluding carboxylic acids is 4. The number of rotatable bonds is 15. The fourth-order valence-electron chi connectivity index (χ4n) is 4.65. The molecule has 4 N–H and O–H groups in total. The van der Waals surface area contributed by atoms with Gasteiger partial charge in [0.05, 0.1) is 0 Å². The van der Waals surface area contributed by atoms with E-state index in [2.05, 4.69) is 28.2 Å². The Morgan fingerprint density at radius 3 is 2.32 bits per heavy atom. The summed E-state index contributed by atoms with van der Waals surface area (Å²) in [6.07, 6.45) is 16.8. The third-order valence-electron chi connectivity index (χ3n) is 7.19. The van der Waals surface area contributed by atoms with E-state index in [0.717, 1.165) is 24.8 Å². The minimum absolute atomic E-state index is 0.0349. The lowest BCUT2D eigenvalue weighted by Crippen LogP contribution is -2.55. The predicted molar refractivity (Wildman–Crippen MR) is 164 cm³/mol. The molecule has 0 fully saturated rings. The van der Waals surface area contributed by atoms with E-state index in [0.29, 0.717) is 25.8 Å². The van der Waals surface area contributed by atoms with Crippen molar-refractivity contribution in [3.63, 3.8) is 0 Å². The fourth-order valence-corrected chi connectivity index (χ4v) is 4.65. The summed E-state index contributed by atoms with van der Waals surface area (Å²) in [5.41, 5.74) is 0.916. The highest BCUT2D eigenvalue weighted by atomic mass is 16.2. The molecule has 0 aromatic heterocycles. The average molecular weight is 567 g/mol. The number of hydrogen-bond donors (Lipinski definition) is 4. The van der Waals surface area contributed by atoms with Crippen molar-refractivity contribution in [1.29, 1.82) is 0 Å². The van der Waals surface area contributed by atoms with E-state index in [-0.39, 0.29) is 29.7 Å². The topological polar surface area (TPSA) is 116 Å². The van der Waals surface area contributed by atoms with Crippen molar-refractivity contribution >= 4 is 23.6 Å². The Morgan fingerprint density at radius 2 is 1.63 bits per heavy atom. The van der Waals surface area contributed by atoms with E-state index in [1.54, 1.807) is 18.2 Å². The van der Waals surface area contributed by atoms with Crippen molar-refractivity contribution in [3.05, 3.63) is 60.2 Å². The molecule has 4 amide bonds. The first-order chi connectivity index (χ1) is 19.8. The zero-order chi connectivity index (χ0) is 29.9. The molecule has 1 aromatic rings. The monoisotopic (exact) mass is 566 g/mol. The van der Waals surface area contributed by atoms with E-state index in [4.69, 9.17) is 0 Å². The first-order valence-corrected chi connectivity index (χ1v) is 15.4. The number of carbonyl (C=O) groups is 4. The van der Waals surface area contributed by atoms with Gasteiger partial charge < -0.3 is 21.3 Å². The van der Waals surface area contributed by atoms with Crippen LogP contribution in [0.15, 0.2) is 54.6 Å². The third kappa shape index (κ3) is 14.2. The molecule has 3 atom stereocenters. The van der Waals surface area contributed by atoms with Crippen LogP contribution in [-0.4, -0.2) is 48.3 Å². The molecule has 1 aliphatic rings. The van der Waals surface area contributed by atoms with Gasteiger partial charge in [-0.05, 0) is 24.3 Å². The van der Waals surface area contributed by atoms with Gasteiger partial charge in [-0.2, -0.15) is 0 Å². The van der Waals surface area contributed by atoms with Crippen LogP contribution in [-0.2, 0) is 25.6 Å². The lowest BCUT2D eigenvalue weighted by atomic mass is 10.0. The van der Waals surface area contributed by atoms with Gasteiger partial charge in [0, 0.05) is 31.5 Å². The van der Waals surface area contributed by atoms with E-state index in [1.807, 2.05) is 44.2 Å². The van der Waals surface area contributed by atoms with E-state index >= 15 is 0 Å². The summed E-state index contributed by atoms with van der Waals surface area (Å²) in [4.78, 5) is 51.6. The number of hydrogen-bond acceptors (Lipinski definition) is 4. The predicted octanol–water partition coefficient (Wildman–Crippen LogP) is 4.50. The first kappa shape index (κ1) is 33.8. The van der Waals surface area contributed by atoms with Gasteiger partial charge in [-0.1, -0.05) is 114 Å². The largest absolute Gasteiger partial charge is 0.352 e. The minimum Gasteiger partial charge on any atom is -0.352 e. The summed E-state index contributed by atoms with van der Waals surface area (Å²) in [6.45, 7) is 6.51. The number of amides is 4. The molecule has 2 rings (SSSR count). The molecule has 8 heteroatoms. The fraction of sp³-hybridized carbons (Fsp3) is 0.576. The summed E-state index contributed by atoms with van der Waals surface area (Å²) in [5, 5.41) is 11.5. The zero-order valence-corrected chi connectivity index (χ0v) is 25.1. The maximum atomic E-state index is 13.5. The van der Waals surface area contributed by atoms with Crippen LogP contribution in [0.3, 0.4) is 0 Å². The zero-order valence-electron chi connectivity index (χ0n) is 25.1. The number of unbranched alkanes of at least 4 members (excludes halogenated alkanes) is 7. The highest BCUT2D eigenvalue weighted by molar-refractivity contribution is 5.93. The Bertz CT molecular complexity index is 1010. The Hall–Kier alpha value is -3.42. The van der Waals surface area contributed by atoms with Gasteiger partial charge in [-0.3, -0.25) is 19.2 Å². The van der Waals surface area contributed by atoms with Gasteiger partial charge >= 0.3 is 0 Å². The van der Waals surface area contributed by atoms with Crippen LogP contribution < -0.4 is 21.3 Å². The van der Waals surface area contributed by atoms with Crippen molar-refractivity contribution in [1.82, 2.24) is 21.3 Å². The number of benzene rings is 1. The molecule has 1 aromatic carbocycles. The molecule has 1 aliphatic heterocycles. The SMILES string of the molecule is CCCCCCCCCCC(=O)N[C@@H](Cc1ccccc1)C(=O)N[C@H]1/C=C/CCNC(=O)/C=C/[C@H](C(C)C)NC1=O. The molecule has 0 saturated carbocycles. The normalized spacial score (nSPS) is 20.1. The standard InChI is InChI=1S/C33H50N4O4/c1-4-5-6-7-8-9-10-14-20-31(39)35-29(24-26-17-12-11-13-18-26)33(41)37-28-19-15-16-23-34-30(38)22-21-27(25(2)3)36-32(28)40/h11-13,15,17-19,21-22,25,27-29H,4-10,14,16,20,23-24H2,1-3H3,(H,34,38)(H,35,39)(H,36,40)(H,37,41)/b19-15+,22-21+/t27-,28+,29+/m1/s1. The third-order valence-corrected chi connectivity index (χ3v) is 7.19. The van der Waals surface area contributed by atoms with Gasteiger partial charge in [0.15, 0.2) is 0 Å². The summed E-state index contributed by atoms with van der Waals surface area (Å²) in [7, 11) is 0. The molecule has 0 spiro atoms. The Balaban J connectivity index is 2.05. The van der Waals surface area contributed by atoms with Crippen molar-refractivity contribution in [2.24, 2.45) is 5.92 Å². The van der Waals surface area contributed by atoms with Crippen molar-refractivity contribution in [3.8, 4) is 0 Å². The highest BCUT2D eigenvalue weighted by Crippen LogP contribution is 2.11. The second-order valence-corrected chi connectivity index (χ2v) is 11.2. The molecule has 226 valence electrons. The van der Waals surface area contributed by atoms with Gasteiger partial charge in [0.2, 0.25) is 23.6 Å². The highest BCUT2D eigenvalue weighted by Gasteiger charge is 2.27. The van der Waals surface area contributed by atoms with Gasteiger partial charge in [-0.25, -0.2) is 0 Å². The van der Waals surface area contributed by atoms with Crippen molar-refractivity contribution in [2.75, 3.05) is 6.54 Å². The van der Waals surface area contributed by atoms with Crippen LogP contribution in [0.4, 0.5) is 0 Å². The summed E-state index contributed by atoms with van der Waals surface area (Å²) < 4.78 is 0. The molecule has 41 heavy (non-hydrogen) atoms. The maximum Gasteiger partial charge on any atom is 0.247 e. The quantitative estimate of drug-likeness (QED) is 0.185. The first-order valence-electron chi connectivity index (χ1n) is 15.4. The molecule has 0 aliphatic carbocycles. The van der Waals surface area contributed by atoms with E-state index < -0.39 is 18.0 Å². The van der Waals surface area contributed by atoms with Crippen LogP contribution >= 0.6 is 0 Å². The van der Waals surface area contributed by atoms with Crippen LogP contribution in [0, 0.1) is 5.92 Å². The minimum atomic E-state index is -0.921. The lowest BCUT2D eigenvalue weighted by Gasteiger charge is -2.25. The summed E-state index contributed by atoms with van der Waals surface area (Å²) in [5.74, 6) is -1.13. The summed E-state index contributed by atoms with van der Waals surface area (Å²) >= 11 is 0. The van der Waals surface area contributed by atoms with E-state index in [9.17, 15) is 19.2 Å². The lowest BCUT2D eigenvalue weighted by molar-refractivity contribution is -0.131. The molecular weight excluding hydrogens is 516 g/mol. The molecule has 1 heterocycles. The van der Waals surface area contributed by atoms with Crippen LogP contribution in [0.1, 0.15) is 90.5 Å². The summed E-state index contributed by atoms with van der Waals surface area (Å²) in [6, 6.07) is 7.41. The van der Waals surface area contributed by atoms with Gasteiger partial charge in [0.25, 0.3) is 0 Å². The van der Waals surface area contributed by atoms with Crippen molar-refractivity contribution < 1.29 is 19.2 Å². The van der Waals surface area contributed by atoms with Crippen LogP contribution in [0.2, 0.25) is 0 Å². The Morgan fingerprint density at radius 1 is 0.951 bits per heavy atom. The molecule has 0 radical (unpaired) electrons. The van der Waals surface area contributed by atoms with Crippen molar-refractivity contribution in [2.45, 2.75) is 110 Å². The smallest absolute Gasteiger partial charge is 0.247 e. The van der Waals surface area contributed by atoms with Crippen LogP contribution in [0.5, 0.6) is 0 Å². The average Bonchev–Trinajstić information content (AvgIpc) is 2.95. The Kier molecular flexibility index (Phi) is 16.2. The molecule has 8 nitrogen and oxygen atoms in total. The molecule has 0 unspecified atom stereocenters.